The highest BCUT2D eigenvalue weighted by atomic mass is 16.5. The van der Waals surface area contributed by atoms with E-state index in [1.807, 2.05) is 0 Å². The zero-order chi connectivity index (χ0) is 13.5. The van der Waals surface area contributed by atoms with E-state index in [0.717, 1.165) is 32.7 Å². The Morgan fingerprint density at radius 3 is 3.05 bits per heavy atom. The Balaban J connectivity index is 2.13. The van der Waals surface area contributed by atoms with Crippen LogP contribution in [-0.4, -0.2) is 44.9 Å². The number of hydrogen-bond donors (Lipinski definition) is 1. The maximum absolute atomic E-state index is 6.00. The Bertz CT molecular complexity index is 376. The van der Waals surface area contributed by atoms with Crippen molar-refractivity contribution in [2.45, 2.75) is 19.1 Å². The summed E-state index contributed by atoms with van der Waals surface area (Å²) in [6.45, 7) is 4.95. The van der Waals surface area contributed by atoms with Crippen molar-refractivity contribution < 1.29 is 9.47 Å². The first-order valence-electron chi connectivity index (χ1n) is 6.95. The first-order valence-corrected chi connectivity index (χ1v) is 6.95. The molecule has 1 unspecified atom stereocenters. The number of nitrogens with two attached hydrogens (primary N) is 1. The molecule has 1 atom stereocenters. The minimum absolute atomic E-state index is 0.276. The van der Waals surface area contributed by atoms with Crippen LogP contribution >= 0.6 is 0 Å². The van der Waals surface area contributed by atoms with Crippen LogP contribution in [0.5, 0.6) is 0 Å². The molecular weight excluding hydrogens is 240 g/mol. The number of nitrogens with zero attached hydrogens (tertiary/aromatic N) is 1. The van der Waals surface area contributed by atoms with Gasteiger partial charge < -0.3 is 15.2 Å². The fourth-order valence-electron chi connectivity index (χ4n) is 2.63. The summed E-state index contributed by atoms with van der Waals surface area (Å²) in [5, 5.41) is 0. The third-order valence-electron chi connectivity index (χ3n) is 3.57. The van der Waals surface area contributed by atoms with Crippen molar-refractivity contribution in [3.63, 3.8) is 0 Å². The molecule has 0 aromatic heterocycles. The van der Waals surface area contributed by atoms with E-state index in [4.69, 9.17) is 15.2 Å². The summed E-state index contributed by atoms with van der Waals surface area (Å²) in [5.74, 6) is 0. The maximum Gasteiger partial charge on any atom is 0.0713 e. The van der Waals surface area contributed by atoms with Gasteiger partial charge in [0.05, 0.1) is 13.2 Å². The van der Waals surface area contributed by atoms with Gasteiger partial charge in [-0.15, -0.1) is 0 Å². The Hall–Kier alpha value is -0.940. The lowest BCUT2D eigenvalue weighted by Crippen LogP contribution is -2.35. The highest BCUT2D eigenvalue weighted by Gasteiger charge is 2.20. The summed E-state index contributed by atoms with van der Waals surface area (Å²) >= 11 is 0. The van der Waals surface area contributed by atoms with Crippen LogP contribution in [0.3, 0.4) is 0 Å². The smallest absolute Gasteiger partial charge is 0.0713 e. The van der Waals surface area contributed by atoms with Crippen LogP contribution in [0.25, 0.3) is 0 Å². The topological polar surface area (TPSA) is 47.7 Å². The molecule has 1 aliphatic rings. The van der Waals surface area contributed by atoms with E-state index in [0.29, 0.717) is 13.2 Å². The molecule has 2 N–H and O–H groups in total. The summed E-state index contributed by atoms with van der Waals surface area (Å²) in [4.78, 5) is 2.43. The van der Waals surface area contributed by atoms with Gasteiger partial charge in [-0.25, -0.2) is 0 Å². The molecule has 2 rings (SSSR count). The molecule has 1 aromatic rings. The third-order valence-corrected chi connectivity index (χ3v) is 3.57. The molecule has 106 valence electrons. The largest absolute Gasteiger partial charge is 0.380 e. The van der Waals surface area contributed by atoms with Crippen molar-refractivity contribution in [3.8, 4) is 0 Å². The molecule has 19 heavy (non-hydrogen) atoms. The summed E-state index contributed by atoms with van der Waals surface area (Å²) < 4.78 is 10.7. The molecule has 4 heteroatoms. The van der Waals surface area contributed by atoms with Gasteiger partial charge in [0.15, 0.2) is 0 Å². The fourth-order valence-corrected chi connectivity index (χ4v) is 2.63. The Morgan fingerprint density at radius 2 is 2.26 bits per heavy atom. The van der Waals surface area contributed by atoms with E-state index < -0.39 is 0 Å². The lowest BCUT2D eigenvalue weighted by atomic mass is 10.0. The van der Waals surface area contributed by atoms with Crippen LogP contribution in [0.1, 0.15) is 23.6 Å². The summed E-state index contributed by atoms with van der Waals surface area (Å²) in [6.07, 6.45) is 1.08. The number of rotatable bonds is 5. The Labute approximate surface area is 115 Å². The van der Waals surface area contributed by atoms with Gasteiger partial charge in [0.25, 0.3) is 0 Å². The molecule has 0 radical (unpaired) electrons. The number of ether oxygens (including phenoxy) is 2. The third kappa shape index (κ3) is 4.01. The Morgan fingerprint density at radius 1 is 1.37 bits per heavy atom. The molecule has 1 aliphatic heterocycles. The van der Waals surface area contributed by atoms with Crippen LogP contribution < -0.4 is 5.73 Å². The predicted octanol–water partition coefficient (Wildman–Crippen LogP) is 1.56. The zero-order valence-corrected chi connectivity index (χ0v) is 11.7. The van der Waals surface area contributed by atoms with E-state index >= 15 is 0 Å². The maximum atomic E-state index is 6.00. The molecule has 4 nitrogen and oxygen atoms in total. The molecule has 1 heterocycles. The van der Waals surface area contributed by atoms with Crippen molar-refractivity contribution in [2.24, 2.45) is 5.73 Å². The monoisotopic (exact) mass is 264 g/mol. The van der Waals surface area contributed by atoms with E-state index in [1.54, 1.807) is 7.11 Å². The van der Waals surface area contributed by atoms with E-state index in [9.17, 15) is 0 Å². The number of benzene rings is 1. The van der Waals surface area contributed by atoms with Gasteiger partial charge in [0.1, 0.15) is 0 Å². The van der Waals surface area contributed by atoms with Gasteiger partial charge in [-0.05, 0) is 17.5 Å². The second-order valence-corrected chi connectivity index (χ2v) is 4.93. The van der Waals surface area contributed by atoms with Crippen LogP contribution in [0.15, 0.2) is 24.3 Å². The Kier molecular flexibility index (Phi) is 5.79. The molecule has 0 bridgehead atoms. The molecule has 1 saturated heterocycles. The van der Waals surface area contributed by atoms with Gasteiger partial charge in [-0.2, -0.15) is 0 Å². The van der Waals surface area contributed by atoms with Gasteiger partial charge in [0.2, 0.25) is 0 Å². The van der Waals surface area contributed by atoms with Crippen molar-refractivity contribution in [1.82, 2.24) is 4.90 Å². The minimum Gasteiger partial charge on any atom is -0.380 e. The number of hydrogen-bond acceptors (Lipinski definition) is 4. The highest BCUT2D eigenvalue weighted by molar-refractivity contribution is 5.26. The SMILES string of the molecule is COCc1cccc(C(CN)N2CCCOCC2)c1. The molecule has 1 fully saturated rings. The van der Waals surface area contributed by atoms with Gasteiger partial charge in [0, 0.05) is 39.4 Å². The van der Waals surface area contributed by atoms with E-state index in [1.165, 1.54) is 11.1 Å². The molecule has 0 saturated carbocycles. The summed E-state index contributed by atoms with van der Waals surface area (Å²) in [6, 6.07) is 8.81. The van der Waals surface area contributed by atoms with Gasteiger partial charge in [-0.1, -0.05) is 24.3 Å². The highest BCUT2D eigenvalue weighted by Crippen LogP contribution is 2.22. The first kappa shape index (κ1) is 14.5. The lowest BCUT2D eigenvalue weighted by Gasteiger charge is -2.29. The molecule has 0 aliphatic carbocycles. The van der Waals surface area contributed by atoms with Crippen LogP contribution in [0, 0.1) is 0 Å². The molecule has 0 amide bonds. The van der Waals surface area contributed by atoms with Gasteiger partial charge in [-0.3, -0.25) is 4.90 Å². The standard InChI is InChI=1S/C15H24N2O2/c1-18-12-13-4-2-5-14(10-13)15(11-16)17-6-3-8-19-9-7-17/h2,4-5,10,15H,3,6-9,11-12,16H2,1H3. The van der Waals surface area contributed by atoms with E-state index in [-0.39, 0.29) is 6.04 Å². The average Bonchev–Trinajstić information content (AvgIpc) is 2.70. The quantitative estimate of drug-likeness (QED) is 0.876. The van der Waals surface area contributed by atoms with Crippen LogP contribution in [0.2, 0.25) is 0 Å². The van der Waals surface area contributed by atoms with E-state index in [2.05, 4.69) is 29.2 Å². The summed E-state index contributed by atoms with van der Waals surface area (Å²) in [7, 11) is 1.72. The van der Waals surface area contributed by atoms with Crippen LogP contribution in [-0.2, 0) is 16.1 Å². The minimum atomic E-state index is 0.276. The van der Waals surface area contributed by atoms with Crippen LogP contribution in [0.4, 0.5) is 0 Å². The van der Waals surface area contributed by atoms with Crippen molar-refractivity contribution in [2.75, 3.05) is 40.0 Å². The van der Waals surface area contributed by atoms with Crippen molar-refractivity contribution >= 4 is 0 Å². The second-order valence-electron chi connectivity index (χ2n) is 4.93. The van der Waals surface area contributed by atoms with Gasteiger partial charge >= 0.3 is 0 Å². The van der Waals surface area contributed by atoms with Crippen molar-refractivity contribution in [1.29, 1.82) is 0 Å². The van der Waals surface area contributed by atoms with Crippen molar-refractivity contribution in [3.05, 3.63) is 35.4 Å². The second kappa shape index (κ2) is 7.60. The molecule has 1 aromatic carbocycles. The molecule has 0 spiro atoms. The molecular formula is C15H24N2O2. The summed E-state index contributed by atoms with van der Waals surface area (Å²) in [5.41, 5.74) is 8.47. The lowest BCUT2D eigenvalue weighted by molar-refractivity contribution is 0.132. The zero-order valence-electron chi connectivity index (χ0n) is 11.7. The first-order chi connectivity index (χ1) is 9.35. The number of methoxy groups -OCH3 is 1. The fraction of sp³-hybridized carbons (Fsp3) is 0.600. The average molecular weight is 264 g/mol. The predicted molar refractivity (Wildman–Crippen MR) is 76.0 cm³/mol. The normalized spacial score (nSPS) is 19.1.